The summed E-state index contributed by atoms with van der Waals surface area (Å²) in [7, 11) is 0. The number of anilines is 1. The van der Waals surface area contributed by atoms with Gasteiger partial charge in [0.05, 0.1) is 16.0 Å². The Balaban J connectivity index is 2.92. The van der Waals surface area contributed by atoms with Crippen molar-refractivity contribution in [2.24, 2.45) is 5.73 Å². The first kappa shape index (κ1) is 13.2. The predicted octanol–water partition coefficient (Wildman–Crippen LogP) is 1.67. The number of benzene rings is 1. The molecular weight excluding hydrogens is 253 g/mol. The van der Waals surface area contributed by atoms with Crippen LogP contribution in [0.25, 0.3) is 0 Å². The number of nitrogens with zero attached hydrogens (tertiary/aromatic N) is 1. The number of hydrogen-bond donors (Lipinski definition) is 2. The molecule has 0 aromatic heterocycles. The van der Waals surface area contributed by atoms with Crippen LogP contribution in [0.3, 0.4) is 0 Å². The molecule has 1 amide bonds. The number of rotatable bonds is 5. The van der Waals surface area contributed by atoms with Crippen LogP contribution in [0.15, 0.2) is 12.1 Å². The van der Waals surface area contributed by atoms with E-state index in [0.717, 1.165) is 12.1 Å². The fourth-order valence-electron chi connectivity index (χ4n) is 1.15. The lowest BCUT2D eigenvalue weighted by Gasteiger charge is -2.06. The summed E-state index contributed by atoms with van der Waals surface area (Å²) in [6.45, 7) is 0.109. The molecule has 0 saturated carbocycles. The van der Waals surface area contributed by atoms with Gasteiger partial charge >= 0.3 is 0 Å². The van der Waals surface area contributed by atoms with Crippen LogP contribution in [-0.2, 0) is 4.79 Å². The lowest BCUT2D eigenvalue weighted by molar-refractivity contribution is -0.384. The van der Waals surface area contributed by atoms with Crippen LogP contribution in [0.1, 0.15) is 6.42 Å². The minimum Gasteiger partial charge on any atom is -0.379 e. The lowest BCUT2D eigenvalue weighted by atomic mass is 10.2. The zero-order chi connectivity index (χ0) is 13.0. The fraction of sp³-hybridized carbons (Fsp3) is 0.222. The zero-order valence-electron chi connectivity index (χ0n) is 8.57. The van der Waals surface area contributed by atoms with E-state index in [1.807, 2.05) is 0 Å². The van der Waals surface area contributed by atoms with Crippen molar-refractivity contribution in [3.8, 4) is 0 Å². The highest BCUT2D eigenvalue weighted by Crippen LogP contribution is 2.30. The molecule has 0 heterocycles. The summed E-state index contributed by atoms with van der Waals surface area (Å²) in [5, 5.41) is 13.0. The third-order valence-corrected chi connectivity index (χ3v) is 2.21. The van der Waals surface area contributed by atoms with Crippen LogP contribution in [0.2, 0.25) is 5.02 Å². The zero-order valence-corrected chi connectivity index (χ0v) is 9.33. The Kier molecular flexibility index (Phi) is 4.22. The number of nitrogens with one attached hydrogen (secondary N) is 1. The highest BCUT2D eigenvalue weighted by atomic mass is 35.5. The molecule has 92 valence electrons. The smallest absolute Gasteiger partial charge is 0.295 e. The predicted molar refractivity (Wildman–Crippen MR) is 60.4 cm³/mol. The van der Waals surface area contributed by atoms with Crippen LogP contribution >= 0.6 is 11.6 Å². The van der Waals surface area contributed by atoms with Crippen molar-refractivity contribution in [2.75, 3.05) is 11.9 Å². The second-order valence-electron chi connectivity index (χ2n) is 3.18. The molecule has 0 atom stereocenters. The summed E-state index contributed by atoms with van der Waals surface area (Å²) in [6, 6.07) is 1.81. The molecular formula is C9H9ClFN3O3. The normalized spacial score (nSPS) is 10.0. The second kappa shape index (κ2) is 5.44. The highest BCUT2D eigenvalue weighted by molar-refractivity contribution is 6.31. The first-order chi connectivity index (χ1) is 7.91. The number of nitro benzene ring substituents is 1. The van der Waals surface area contributed by atoms with Crippen LogP contribution < -0.4 is 11.1 Å². The molecule has 0 radical (unpaired) electrons. The molecule has 0 saturated heterocycles. The quantitative estimate of drug-likeness (QED) is 0.622. The maximum Gasteiger partial charge on any atom is 0.295 e. The molecule has 0 spiro atoms. The first-order valence-corrected chi connectivity index (χ1v) is 4.95. The Hall–Kier alpha value is -1.89. The molecule has 17 heavy (non-hydrogen) atoms. The summed E-state index contributed by atoms with van der Waals surface area (Å²) in [6.07, 6.45) is 0.00610. The first-order valence-electron chi connectivity index (χ1n) is 4.57. The van der Waals surface area contributed by atoms with Gasteiger partial charge in [0.25, 0.3) is 5.69 Å². The van der Waals surface area contributed by atoms with Crippen LogP contribution in [0.4, 0.5) is 15.8 Å². The van der Waals surface area contributed by atoms with E-state index in [4.69, 9.17) is 17.3 Å². The van der Waals surface area contributed by atoms with Gasteiger partial charge in [-0.2, -0.15) is 0 Å². The standard InChI is InChI=1S/C9H9ClFN3O3/c10-5-3-7(13-2-1-9(12)15)8(14(16)17)4-6(5)11/h3-4,13H,1-2H2,(H2,12,15). The van der Waals surface area contributed by atoms with E-state index in [9.17, 15) is 19.3 Å². The van der Waals surface area contributed by atoms with Gasteiger partial charge in [-0.3, -0.25) is 14.9 Å². The van der Waals surface area contributed by atoms with Crippen molar-refractivity contribution in [1.29, 1.82) is 0 Å². The van der Waals surface area contributed by atoms with E-state index in [1.165, 1.54) is 0 Å². The summed E-state index contributed by atoms with van der Waals surface area (Å²) < 4.78 is 13.0. The maximum absolute atomic E-state index is 13.0. The van der Waals surface area contributed by atoms with E-state index in [2.05, 4.69) is 5.32 Å². The molecule has 8 heteroatoms. The van der Waals surface area contributed by atoms with Crippen LogP contribution in [0.5, 0.6) is 0 Å². The fourth-order valence-corrected chi connectivity index (χ4v) is 1.31. The summed E-state index contributed by atoms with van der Waals surface area (Å²) in [4.78, 5) is 20.4. The number of hydrogen-bond acceptors (Lipinski definition) is 4. The van der Waals surface area contributed by atoms with E-state index in [-0.39, 0.29) is 23.7 Å². The van der Waals surface area contributed by atoms with Crippen molar-refractivity contribution in [1.82, 2.24) is 0 Å². The molecule has 3 N–H and O–H groups in total. The Morgan fingerprint density at radius 3 is 2.76 bits per heavy atom. The van der Waals surface area contributed by atoms with Gasteiger partial charge in [0.2, 0.25) is 5.91 Å². The Labute approximate surface area is 101 Å². The number of nitrogens with two attached hydrogens (primary N) is 1. The Bertz CT molecular complexity index is 467. The molecule has 0 aliphatic rings. The summed E-state index contributed by atoms with van der Waals surface area (Å²) in [5.41, 5.74) is 4.51. The summed E-state index contributed by atoms with van der Waals surface area (Å²) >= 11 is 5.50. The van der Waals surface area contributed by atoms with Crippen molar-refractivity contribution in [2.45, 2.75) is 6.42 Å². The molecule has 0 bridgehead atoms. The van der Waals surface area contributed by atoms with Gasteiger partial charge in [0, 0.05) is 13.0 Å². The molecule has 0 fully saturated rings. The molecule has 1 aromatic rings. The van der Waals surface area contributed by atoms with Gasteiger partial charge in [-0.25, -0.2) is 4.39 Å². The van der Waals surface area contributed by atoms with Crippen molar-refractivity contribution < 1.29 is 14.1 Å². The van der Waals surface area contributed by atoms with Crippen molar-refractivity contribution >= 4 is 28.9 Å². The Morgan fingerprint density at radius 1 is 1.59 bits per heavy atom. The van der Waals surface area contributed by atoms with E-state index in [0.29, 0.717) is 0 Å². The van der Waals surface area contributed by atoms with Gasteiger partial charge in [-0.1, -0.05) is 11.6 Å². The topological polar surface area (TPSA) is 98.3 Å². The van der Waals surface area contributed by atoms with Gasteiger partial charge in [0.15, 0.2) is 0 Å². The van der Waals surface area contributed by atoms with Gasteiger partial charge in [-0.15, -0.1) is 0 Å². The minimum absolute atomic E-state index is 0.00610. The average molecular weight is 262 g/mol. The Morgan fingerprint density at radius 2 is 2.24 bits per heavy atom. The second-order valence-corrected chi connectivity index (χ2v) is 3.59. The number of primary amides is 1. The SMILES string of the molecule is NC(=O)CCNc1cc(Cl)c(F)cc1[N+](=O)[O-]. The van der Waals surface area contributed by atoms with E-state index in [1.54, 1.807) is 0 Å². The highest BCUT2D eigenvalue weighted by Gasteiger charge is 2.17. The number of nitro groups is 1. The number of amides is 1. The van der Waals surface area contributed by atoms with Gasteiger partial charge < -0.3 is 11.1 Å². The van der Waals surface area contributed by atoms with Crippen molar-refractivity contribution in [3.05, 3.63) is 33.1 Å². The third-order valence-electron chi connectivity index (χ3n) is 1.92. The molecule has 0 unspecified atom stereocenters. The molecule has 6 nitrogen and oxygen atoms in total. The number of carbonyl (C=O) groups excluding carboxylic acids is 1. The lowest BCUT2D eigenvalue weighted by Crippen LogP contribution is -2.16. The van der Waals surface area contributed by atoms with E-state index >= 15 is 0 Å². The van der Waals surface area contributed by atoms with Gasteiger partial charge in [-0.05, 0) is 6.07 Å². The summed E-state index contributed by atoms with van der Waals surface area (Å²) in [5.74, 6) is -1.42. The third kappa shape index (κ3) is 3.56. The van der Waals surface area contributed by atoms with Crippen molar-refractivity contribution in [3.63, 3.8) is 0 Å². The van der Waals surface area contributed by atoms with Crippen LogP contribution in [-0.4, -0.2) is 17.4 Å². The molecule has 0 aliphatic carbocycles. The maximum atomic E-state index is 13.0. The molecule has 0 aliphatic heterocycles. The number of halogens is 2. The largest absolute Gasteiger partial charge is 0.379 e. The molecule has 1 rings (SSSR count). The molecule has 1 aromatic carbocycles. The number of carbonyl (C=O) groups is 1. The minimum atomic E-state index is -0.876. The van der Waals surface area contributed by atoms with Gasteiger partial charge in [0.1, 0.15) is 11.5 Å². The monoisotopic (exact) mass is 261 g/mol. The van der Waals surface area contributed by atoms with Crippen LogP contribution in [0, 0.1) is 15.9 Å². The average Bonchev–Trinajstić information content (AvgIpc) is 2.22. The van der Waals surface area contributed by atoms with E-state index < -0.39 is 22.3 Å².